The minimum atomic E-state index is -0.148. The van der Waals surface area contributed by atoms with Gasteiger partial charge in [-0.1, -0.05) is 19.9 Å². The summed E-state index contributed by atoms with van der Waals surface area (Å²) in [5, 5.41) is 3.00. The first kappa shape index (κ1) is 18.8. The summed E-state index contributed by atoms with van der Waals surface area (Å²) in [6.45, 7) is 7.36. The Morgan fingerprint density at radius 3 is 2.32 bits per heavy atom. The first-order chi connectivity index (χ1) is 12.2. The molecule has 0 radical (unpaired) electrons. The Morgan fingerprint density at radius 2 is 1.68 bits per heavy atom. The Balaban J connectivity index is 2.12. The van der Waals surface area contributed by atoms with Gasteiger partial charge in [-0.3, -0.25) is 9.78 Å². The molecule has 0 spiro atoms. The van der Waals surface area contributed by atoms with Gasteiger partial charge in [-0.15, -0.1) is 0 Å². The standard InChI is InChI=1S/C20H26N2O3/c1-4-12-24-18-7-6-17(14-19(18)25-13-5-2)15(3)22-20(23)16-8-10-21-11-9-16/h6-11,14-15H,4-5,12-13H2,1-3H3,(H,22,23). The number of hydrogen-bond acceptors (Lipinski definition) is 4. The number of amides is 1. The highest BCUT2D eigenvalue weighted by atomic mass is 16.5. The van der Waals surface area contributed by atoms with Crippen LogP contribution in [-0.4, -0.2) is 24.1 Å². The summed E-state index contributed by atoms with van der Waals surface area (Å²) in [4.78, 5) is 16.2. The monoisotopic (exact) mass is 342 g/mol. The van der Waals surface area contributed by atoms with Crippen molar-refractivity contribution in [1.29, 1.82) is 0 Å². The highest BCUT2D eigenvalue weighted by Gasteiger charge is 2.14. The molecule has 134 valence electrons. The van der Waals surface area contributed by atoms with Gasteiger partial charge in [-0.2, -0.15) is 0 Å². The zero-order chi connectivity index (χ0) is 18.1. The van der Waals surface area contributed by atoms with Crippen LogP contribution in [0.2, 0.25) is 0 Å². The molecule has 2 rings (SSSR count). The molecule has 2 aromatic rings. The van der Waals surface area contributed by atoms with Gasteiger partial charge >= 0.3 is 0 Å². The summed E-state index contributed by atoms with van der Waals surface area (Å²) >= 11 is 0. The fraction of sp³-hybridized carbons (Fsp3) is 0.400. The van der Waals surface area contributed by atoms with E-state index in [0.29, 0.717) is 18.8 Å². The number of carbonyl (C=O) groups excluding carboxylic acids is 1. The van der Waals surface area contributed by atoms with Crippen LogP contribution in [0.15, 0.2) is 42.7 Å². The Hall–Kier alpha value is -2.56. The molecule has 1 aromatic heterocycles. The van der Waals surface area contributed by atoms with Gasteiger partial charge in [0, 0.05) is 18.0 Å². The summed E-state index contributed by atoms with van der Waals surface area (Å²) in [5.41, 5.74) is 1.56. The summed E-state index contributed by atoms with van der Waals surface area (Å²) < 4.78 is 11.6. The molecule has 5 heteroatoms. The molecule has 0 saturated carbocycles. The number of pyridine rings is 1. The van der Waals surface area contributed by atoms with Crippen molar-refractivity contribution in [2.75, 3.05) is 13.2 Å². The molecule has 0 fully saturated rings. The van der Waals surface area contributed by atoms with E-state index >= 15 is 0 Å². The Labute approximate surface area is 149 Å². The van der Waals surface area contributed by atoms with Gasteiger partial charge in [-0.05, 0) is 49.6 Å². The van der Waals surface area contributed by atoms with Crippen molar-refractivity contribution in [2.45, 2.75) is 39.7 Å². The molecule has 1 N–H and O–H groups in total. The minimum Gasteiger partial charge on any atom is -0.490 e. The Kier molecular flexibility index (Phi) is 7.26. The molecule has 1 amide bonds. The summed E-state index contributed by atoms with van der Waals surface area (Å²) in [6.07, 6.45) is 5.07. The van der Waals surface area contributed by atoms with E-state index in [1.807, 2.05) is 25.1 Å². The summed E-state index contributed by atoms with van der Waals surface area (Å²) in [6, 6.07) is 9.05. The third kappa shape index (κ3) is 5.48. The predicted molar refractivity (Wildman–Crippen MR) is 98.1 cm³/mol. The van der Waals surface area contributed by atoms with Gasteiger partial charge in [0.1, 0.15) is 0 Å². The van der Waals surface area contributed by atoms with E-state index in [1.54, 1.807) is 24.5 Å². The van der Waals surface area contributed by atoms with E-state index < -0.39 is 0 Å². The molecule has 25 heavy (non-hydrogen) atoms. The van der Waals surface area contributed by atoms with Crippen LogP contribution in [-0.2, 0) is 0 Å². The molecule has 0 aliphatic rings. The number of rotatable bonds is 9. The van der Waals surface area contributed by atoms with Gasteiger partial charge in [0.2, 0.25) is 0 Å². The second-order valence-corrected chi connectivity index (χ2v) is 5.83. The molecule has 0 saturated heterocycles. The number of hydrogen-bond donors (Lipinski definition) is 1. The second-order valence-electron chi connectivity index (χ2n) is 5.83. The van der Waals surface area contributed by atoms with E-state index in [9.17, 15) is 4.79 Å². The van der Waals surface area contributed by atoms with E-state index in [-0.39, 0.29) is 11.9 Å². The molecule has 1 atom stereocenters. The van der Waals surface area contributed by atoms with Gasteiger partial charge in [0.15, 0.2) is 11.5 Å². The Morgan fingerprint density at radius 1 is 1.04 bits per heavy atom. The molecule has 1 heterocycles. The lowest BCUT2D eigenvalue weighted by Gasteiger charge is -2.18. The minimum absolute atomic E-state index is 0.128. The molecule has 0 aliphatic heterocycles. The van der Waals surface area contributed by atoms with Crippen molar-refractivity contribution in [3.63, 3.8) is 0 Å². The molecule has 1 unspecified atom stereocenters. The number of nitrogens with one attached hydrogen (secondary N) is 1. The van der Waals surface area contributed by atoms with Crippen molar-refractivity contribution in [1.82, 2.24) is 10.3 Å². The summed E-state index contributed by atoms with van der Waals surface area (Å²) in [5.74, 6) is 1.33. The third-order valence-electron chi connectivity index (χ3n) is 3.68. The number of carbonyl (C=O) groups is 1. The van der Waals surface area contributed by atoms with Crippen LogP contribution in [0, 0.1) is 0 Å². The number of benzene rings is 1. The third-order valence-corrected chi connectivity index (χ3v) is 3.68. The Bertz CT molecular complexity index is 674. The van der Waals surface area contributed by atoms with Gasteiger partial charge in [0.25, 0.3) is 5.91 Å². The van der Waals surface area contributed by atoms with Crippen molar-refractivity contribution in [3.8, 4) is 11.5 Å². The first-order valence-corrected chi connectivity index (χ1v) is 8.76. The number of aromatic nitrogens is 1. The molecule has 5 nitrogen and oxygen atoms in total. The van der Waals surface area contributed by atoms with Crippen LogP contribution in [0.3, 0.4) is 0 Å². The highest BCUT2D eigenvalue weighted by Crippen LogP contribution is 2.31. The molecule has 1 aromatic carbocycles. The normalized spacial score (nSPS) is 11.6. The van der Waals surface area contributed by atoms with E-state index in [0.717, 1.165) is 29.9 Å². The van der Waals surface area contributed by atoms with Crippen LogP contribution in [0.25, 0.3) is 0 Å². The van der Waals surface area contributed by atoms with Crippen LogP contribution < -0.4 is 14.8 Å². The van der Waals surface area contributed by atoms with Crippen LogP contribution in [0.5, 0.6) is 11.5 Å². The van der Waals surface area contributed by atoms with E-state index in [1.165, 1.54) is 0 Å². The molecule has 0 bridgehead atoms. The lowest BCUT2D eigenvalue weighted by atomic mass is 10.1. The smallest absolute Gasteiger partial charge is 0.251 e. The average Bonchev–Trinajstić information content (AvgIpc) is 2.65. The average molecular weight is 342 g/mol. The molecule has 0 aliphatic carbocycles. The largest absolute Gasteiger partial charge is 0.490 e. The lowest BCUT2D eigenvalue weighted by molar-refractivity contribution is 0.0939. The van der Waals surface area contributed by atoms with Gasteiger partial charge in [0.05, 0.1) is 19.3 Å². The van der Waals surface area contributed by atoms with Crippen molar-refractivity contribution in [2.24, 2.45) is 0 Å². The highest BCUT2D eigenvalue weighted by molar-refractivity contribution is 5.94. The predicted octanol–water partition coefficient (Wildman–Crippen LogP) is 4.15. The van der Waals surface area contributed by atoms with Crippen LogP contribution >= 0.6 is 0 Å². The first-order valence-electron chi connectivity index (χ1n) is 8.76. The molecular formula is C20H26N2O3. The SMILES string of the molecule is CCCOc1ccc(C(C)NC(=O)c2ccncc2)cc1OCCC. The zero-order valence-corrected chi connectivity index (χ0v) is 15.1. The van der Waals surface area contributed by atoms with E-state index in [4.69, 9.17) is 9.47 Å². The van der Waals surface area contributed by atoms with Gasteiger partial charge in [-0.25, -0.2) is 0 Å². The van der Waals surface area contributed by atoms with E-state index in [2.05, 4.69) is 24.1 Å². The molecular weight excluding hydrogens is 316 g/mol. The van der Waals surface area contributed by atoms with Crippen LogP contribution in [0.1, 0.15) is 55.6 Å². The van der Waals surface area contributed by atoms with Crippen molar-refractivity contribution >= 4 is 5.91 Å². The lowest BCUT2D eigenvalue weighted by Crippen LogP contribution is -2.26. The zero-order valence-electron chi connectivity index (χ0n) is 15.1. The fourth-order valence-electron chi connectivity index (χ4n) is 2.32. The van der Waals surface area contributed by atoms with Crippen molar-refractivity contribution in [3.05, 3.63) is 53.9 Å². The van der Waals surface area contributed by atoms with Gasteiger partial charge < -0.3 is 14.8 Å². The number of nitrogens with zero attached hydrogens (tertiary/aromatic N) is 1. The second kappa shape index (κ2) is 9.67. The maximum absolute atomic E-state index is 12.3. The maximum Gasteiger partial charge on any atom is 0.251 e. The summed E-state index contributed by atoms with van der Waals surface area (Å²) in [7, 11) is 0. The maximum atomic E-state index is 12.3. The van der Waals surface area contributed by atoms with Crippen LogP contribution in [0.4, 0.5) is 0 Å². The quantitative estimate of drug-likeness (QED) is 0.744. The number of ether oxygens (including phenoxy) is 2. The fourth-order valence-corrected chi connectivity index (χ4v) is 2.32. The topological polar surface area (TPSA) is 60.5 Å². The van der Waals surface area contributed by atoms with Crippen molar-refractivity contribution < 1.29 is 14.3 Å².